The minimum atomic E-state index is 0.239. The molecule has 1 amide bonds. The fourth-order valence-electron chi connectivity index (χ4n) is 2.75. The zero-order valence-electron chi connectivity index (χ0n) is 9.43. The molecule has 2 atom stereocenters. The molecule has 0 bridgehead atoms. The summed E-state index contributed by atoms with van der Waals surface area (Å²) < 4.78 is 0. The van der Waals surface area contributed by atoms with E-state index in [-0.39, 0.29) is 11.8 Å². The van der Waals surface area contributed by atoms with Crippen LogP contribution >= 0.6 is 0 Å². The van der Waals surface area contributed by atoms with Gasteiger partial charge in [-0.15, -0.1) is 0 Å². The van der Waals surface area contributed by atoms with Crippen molar-refractivity contribution >= 4 is 5.91 Å². The second-order valence-electron chi connectivity index (χ2n) is 4.80. The van der Waals surface area contributed by atoms with Crippen molar-refractivity contribution in [3.8, 4) is 0 Å². The van der Waals surface area contributed by atoms with Gasteiger partial charge >= 0.3 is 0 Å². The highest BCUT2D eigenvalue weighted by molar-refractivity contribution is 5.79. The Kier molecular flexibility index (Phi) is 4.01. The molecule has 1 aliphatic heterocycles. The number of hydrogen-bond donors (Lipinski definition) is 2. The summed E-state index contributed by atoms with van der Waals surface area (Å²) in [6.45, 7) is 1.97. The molecule has 2 N–H and O–H groups in total. The van der Waals surface area contributed by atoms with Crippen molar-refractivity contribution < 1.29 is 4.79 Å². The second-order valence-corrected chi connectivity index (χ2v) is 4.80. The Hall–Kier alpha value is -0.570. The normalized spacial score (nSPS) is 34.0. The summed E-state index contributed by atoms with van der Waals surface area (Å²) in [5.74, 6) is 0.523. The fraction of sp³-hybridized carbons (Fsp3) is 0.917. The van der Waals surface area contributed by atoms with Gasteiger partial charge in [-0.25, -0.2) is 0 Å². The predicted molar refractivity (Wildman–Crippen MR) is 60.6 cm³/mol. The lowest BCUT2D eigenvalue weighted by Gasteiger charge is -2.19. The van der Waals surface area contributed by atoms with Gasteiger partial charge in [-0.3, -0.25) is 4.79 Å². The number of fused-ring (bicyclic) bond motifs is 1. The Morgan fingerprint density at radius 1 is 0.933 bits per heavy atom. The molecule has 0 unspecified atom stereocenters. The van der Waals surface area contributed by atoms with Crippen LogP contribution in [-0.4, -0.2) is 25.0 Å². The number of amides is 1. The van der Waals surface area contributed by atoms with E-state index in [0.717, 1.165) is 25.9 Å². The Morgan fingerprint density at radius 3 is 2.60 bits per heavy atom. The van der Waals surface area contributed by atoms with Gasteiger partial charge in [-0.2, -0.15) is 0 Å². The van der Waals surface area contributed by atoms with Gasteiger partial charge in [0, 0.05) is 12.6 Å². The van der Waals surface area contributed by atoms with Gasteiger partial charge in [0.05, 0.1) is 5.92 Å². The van der Waals surface area contributed by atoms with Gasteiger partial charge in [-0.1, -0.05) is 19.3 Å². The monoisotopic (exact) mass is 210 g/mol. The van der Waals surface area contributed by atoms with Gasteiger partial charge < -0.3 is 10.6 Å². The SMILES string of the molecule is O=C1NCCCCCCN[C@H]2CCC[C@@H]12. The molecule has 0 aromatic carbocycles. The molecule has 1 heterocycles. The van der Waals surface area contributed by atoms with E-state index in [0.29, 0.717) is 6.04 Å². The Bertz CT molecular complexity index is 218. The van der Waals surface area contributed by atoms with E-state index in [2.05, 4.69) is 10.6 Å². The minimum absolute atomic E-state index is 0.239. The third kappa shape index (κ3) is 2.94. The van der Waals surface area contributed by atoms with Crippen LogP contribution in [0.2, 0.25) is 0 Å². The second kappa shape index (κ2) is 5.50. The quantitative estimate of drug-likeness (QED) is 0.635. The first-order valence-corrected chi connectivity index (χ1v) is 6.39. The molecular weight excluding hydrogens is 188 g/mol. The summed E-state index contributed by atoms with van der Waals surface area (Å²) in [7, 11) is 0. The third-order valence-electron chi connectivity index (χ3n) is 3.66. The molecule has 2 aliphatic rings. The van der Waals surface area contributed by atoms with Crippen molar-refractivity contribution in [2.24, 2.45) is 5.92 Å². The maximum atomic E-state index is 11.9. The Labute approximate surface area is 92.0 Å². The molecule has 1 saturated carbocycles. The van der Waals surface area contributed by atoms with E-state index in [4.69, 9.17) is 0 Å². The van der Waals surface area contributed by atoms with E-state index in [1.165, 1.54) is 32.1 Å². The summed E-state index contributed by atoms with van der Waals surface area (Å²) in [6, 6.07) is 0.447. The lowest BCUT2D eigenvalue weighted by molar-refractivity contribution is -0.125. The third-order valence-corrected chi connectivity index (χ3v) is 3.66. The van der Waals surface area contributed by atoms with Crippen LogP contribution in [0.3, 0.4) is 0 Å². The van der Waals surface area contributed by atoms with Gasteiger partial charge in [0.1, 0.15) is 0 Å². The molecule has 0 aromatic heterocycles. The lowest BCUT2D eigenvalue weighted by atomic mass is 10.0. The van der Waals surface area contributed by atoms with E-state index >= 15 is 0 Å². The van der Waals surface area contributed by atoms with Crippen LogP contribution in [0.4, 0.5) is 0 Å². The minimum Gasteiger partial charge on any atom is -0.356 e. The molecule has 0 radical (unpaired) electrons. The maximum Gasteiger partial charge on any atom is 0.224 e. The molecule has 15 heavy (non-hydrogen) atoms. The van der Waals surface area contributed by atoms with Crippen molar-refractivity contribution in [1.29, 1.82) is 0 Å². The molecule has 1 aliphatic carbocycles. The first-order valence-electron chi connectivity index (χ1n) is 6.39. The number of rotatable bonds is 0. The van der Waals surface area contributed by atoms with Gasteiger partial charge in [0.2, 0.25) is 5.91 Å². The highest BCUT2D eigenvalue weighted by Crippen LogP contribution is 2.26. The molecule has 3 nitrogen and oxygen atoms in total. The van der Waals surface area contributed by atoms with E-state index < -0.39 is 0 Å². The number of carbonyl (C=O) groups excluding carboxylic acids is 1. The van der Waals surface area contributed by atoms with Crippen molar-refractivity contribution in [2.75, 3.05) is 13.1 Å². The maximum absolute atomic E-state index is 11.9. The smallest absolute Gasteiger partial charge is 0.224 e. The van der Waals surface area contributed by atoms with Crippen LogP contribution in [0.5, 0.6) is 0 Å². The Balaban J connectivity index is 1.93. The topological polar surface area (TPSA) is 41.1 Å². The molecule has 1 saturated heterocycles. The standard InChI is InChI=1S/C12H22N2O/c15-12-10-6-5-7-11(10)13-8-3-1-2-4-9-14-12/h10-11,13H,1-9H2,(H,14,15)/t10-,11+/m1/s1. The molecule has 2 rings (SSSR count). The summed E-state index contributed by atoms with van der Waals surface area (Å²) in [4.78, 5) is 11.9. The molecule has 0 aromatic rings. The van der Waals surface area contributed by atoms with Crippen LogP contribution in [0.25, 0.3) is 0 Å². The average molecular weight is 210 g/mol. The number of hydrogen-bond acceptors (Lipinski definition) is 2. The van der Waals surface area contributed by atoms with Gasteiger partial charge in [-0.05, 0) is 32.2 Å². The van der Waals surface area contributed by atoms with Crippen LogP contribution in [-0.2, 0) is 4.79 Å². The van der Waals surface area contributed by atoms with Gasteiger partial charge in [0.25, 0.3) is 0 Å². The zero-order valence-corrected chi connectivity index (χ0v) is 9.43. The largest absolute Gasteiger partial charge is 0.356 e. The first-order chi connectivity index (χ1) is 7.38. The highest BCUT2D eigenvalue weighted by Gasteiger charge is 2.32. The summed E-state index contributed by atoms with van der Waals surface area (Å²) >= 11 is 0. The number of carbonyl (C=O) groups is 1. The summed E-state index contributed by atoms with van der Waals surface area (Å²) in [6.07, 6.45) is 8.40. The fourth-order valence-corrected chi connectivity index (χ4v) is 2.75. The number of nitrogens with one attached hydrogen (secondary N) is 2. The average Bonchev–Trinajstić information content (AvgIpc) is 2.68. The zero-order chi connectivity index (χ0) is 10.5. The van der Waals surface area contributed by atoms with Crippen LogP contribution in [0.1, 0.15) is 44.9 Å². The van der Waals surface area contributed by atoms with Crippen molar-refractivity contribution in [1.82, 2.24) is 10.6 Å². The summed E-state index contributed by atoms with van der Waals surface area (Å²) in [5.41, 5.74) is 0. The molecule has 0 spiro atoms. The predicted octanol–water partition coefficient (Wildman–Crippen LogP) is 1.43. The van der Waals surface area contributed by atoms with Crippen LogP contribution in [0.15, 0.2) is 0 Å². The van der Waals surface area contributed by atoms with E-state index in [1.54, 1.807) is 0 Å². The summed E-state index contributed by atoms with van der Waals surface area (Å²) in [5, 5.41) is 6.62. The van der Waals surface area contributed by atoms with Gasteiger partial charge in [0.15, 0.2) is 0 Å². The van der Waals surface area contributed by atoms with E-state index in [1.807, 2.05) is 0 Å². The van der Waals surface area contributed by atoms with E-state index in [9.17, 15) is 4.79 Å². The van der Waals surface area contributed by atoms with Crippen molar-refractivity contribution in [3.05, 3.63) is 0 Å². The van der Waals surface area contributed by atoms with Crippen LogP contribution in [0, 0.1) is 5.92 Å². The molecule has 2 fully saturated rings. The first kappa shape index (κ1) is 10.9. The molecule has 86 valence electrons. The molecular formula is C12H22N2O. The van der Waals surface area contributed by atoms with Crippen LogP contribution < -0.4 is 10.6 Å². The Morgan fingerprint density at radius 2 is 1.73 bits per heavy atom. The molecule has 3 heteroatoms. The lowest BCUT2D eigenvalue weighted by Crippen LogP contribution is -2.41. The van der Waals surface area contributed by atoms with Crippen molar-refractivity contribution in [2.45, 2.75) is 51.0 Å². The highest BCUT2D eigenvalue weighted by atomic mass is 16.1. The van der Waals surface area contributed by atoms with Crippen molar-refractivity contribution in [3.63, 3.8) is 0 Å².